The molecule has 0 aliphatic heterocycles. The third-order valence-corrected chi connectivity index (χ3v) is 3.98. The highest BCUT2D eigenvalue weighted by atomic mass is 16.6. The predicted octanol–water partition coefficient (Wildman–Crippen LogP) is 2.61. The van der Waals surface area contributed by atoms with E-state index in [0.717, 1.165) is 31.4 Å². The first-order chi connectivity index (χ1) is 9.31. The second-order valence-corrected chi connectivity index (χ2v) is 5.87. The van der Waals surface area contributed by atoms with Crippen LogP contribution in [-0.4, -0.2) is 22.0 Å². The number of nitrogens with zero attached hydrogens (tertiary/aromatic N) is 1. The smallest absolute Gasteiger partial charge is 0.282 e. The highest BCUT2D eigenvalue weighted by molar-refractivity contribution is 5.98. The Bertz CT molecular complexity index is 554. The third-order valence-electron chi connectivity index (χ3n) is 3.98. The summed E-state index contributed by atoms with van der Waals surface area (Å²) in [5, 5.41) is 23.2. The van der Waals surface area contributed by atoms with Crippen molar-refractivity contribution in [2.75, 3.05) is 0 Å². The van der Waals surface area contributed by atoms with Crippen LogP contribution in [0.2, 0.25) is 0 Å². The van der Waals surface area contributed by atoms with E-state index in [-0.39, 0.29) is 28.5 Å². The molecule has 1 fully saturated rings. The number of benzene rings is 1. The molecule has 0 aromatic heterocycles. The number of nitrogens with one attached hydrogen (secondary N) is 1. The van der Waals surface area contributed by atoms with Crippen LogP contribution in [0.4, 0.5) is 5.69 Å². The van der Waals surface area contributed by atoms with Gasteiger partial charge in [-0.15, -0.1) is 0 Å². The van der Waals surface area contributed by atoms with E-state index in [1.54, 1.807) is 0 Å². The van der Waals surface area contributed by atoms with Gasteiger partial charge in [0, 0.05) is 12.1 Å². The highest BCUT2D eigenvalue weighted by Crippen LogP contribution is 2.37. The van der Waals surface area contributed by atoms with Crippen LogP contribution < -0.4 is 5.32 Å². The minimum absolute atomic E-state index is 0.00282. The molecule has 1 aliphatic carbocycles. The Morgan fingerprint density at radius 3 is 2.75 bits per heavy atom. The highest BCUT2D eigenvalue weighted by Gasteiger charge is 2.36. The fourth-order valence-corrected chi connectivity index (χ4v) is 2.70. The molecule has 108 valence electrons. The number of hydrogen-bond donors (Lipinski definition) is 2. The summed E-state index contributed by atoms with van der Waals surface area (Å²) in [6.07, 6.45) is 2.91. The molecule has 1 saturated carbocycles. The van der Waals surface area contributed by atoms with Gasteiger partial charge in [-0.3, -0.25) is 14.9 Å². The Hall–Kier alpha value is -2.11. The van der Waals surface area contributed by atoms with Gasteiger partial charge in [-0.1, -0.05) is 20.3 Å². The Morgan fingerprint density at radius 1 is 1.50 bits per heavy atom. The van der Waals surface area contributed by atoms with Crippen molar-refractivity contribution in [3.63, 3.8) is 0 Å². The molecule has 1 aromatic rings. The van der Waals surface area contributed by atoms with Gasteiger partial charge in [0.1, 0.15) is 11.3 Å². The van der Waals surface area contributed by atoms with E-state index in [0.29, 0.717) is 0 Å². The molecule has 6 heteroatoms. The lowest BCUT2D eigenvalue weighted by atomic mass is 9.87. The molecule has 0 spiro atoms. The van der Waals surface area contributed by atoms with Crippen molar-refractivity contribution < 1.29 is 14.8 Å². The van der Waals surface area contributed by atoms with E-state index >= 15 is 0 Å². The number of phenolic OH excluding ortho intramolecular Hbond substituents is 1. The average molecular weight is 278 g/mol. The van der Waals surface area contributed by atoms with Gasteiger partial charge in [0.25, 0.3) is 11.6 Å². The molecule has 1 atom stereocenters. The Labute approximate surface area is 117 Å². The second kappa shape index (κ2) is 5.11. The number of amides is 1. The molecular weight excluding hydrogens is 260 g/mol. The molecule has 1 unspecified atom stereocenters. The summed E-state index contributed by atoms with van der Waals surface area (Å²) in [5.41, 5.74) is -0.407. The molecule has 20 heavy (non-hydrogen) atoms. The normalized spacial score (nSPS) is 20.6. The fourth-order valence-electron chi connectivity index (χ4n) is 2.70. The lowest BCUT2D eigenvalue weighted by molar-refractivity contribution is -0.385. The molecular formula is C14H18N2O4. The van der Waals surface area contributed by atoms with Gasteiger partial charge in [-0.2, -0.15) is 0 Å². The topological polar surface area (TPSA) is 92.5 Å². The minimum atomic E-state index is -0.617. The Balaban J connectivity index is 2.25. The molecule has 2 N–H and O–H groups in total. The zero-order valence-electron chi connectivity index (χ0n) is 11.5. The minimum Gasteiger partial charge on any atom is -0.508 e. The van der Waals surface area contributed by atoms with Crippen molar-refractivity contribution in [3.8, 4) is 5.75 Å². The number of carbonyl (C=O) groups excluding carboxylic acids is 1. The number of nitro groups is 1. The first-order valence-electron chi connectivity index (χ1n) is 6.59. The van der Waals surface area contributed by atoms with Crippen molar-refractivity contribution in [3.05, 3.63) is 33.9 Å². The lowest BCUT2D eigenvalue weighted by Gasteiger charge is -2.27. The number of phenols is 1. The zero-order valence-corrected chi connectivity index (χ0v) is 11.5. The van der Waals surface area contributed by atoms with E-state index in [9.17, 15) is 20.0 Å². The van der Waals surface area contributed by atoms with Gasteiger partial charge in [-0.05, 0) is 30.4 Å². The quantitative estimate of drug-likeness (QED) is 0.656. The van der Waals surface area contributed by atoms with Crippen molar-refractivity contribution in [1.29, 1.82) is 0 Å². The maximum absolute atomic E-state index is 12.2. The summed E-state index contributed by atoms with van der Waals surface area (Å²) in [6.45, 7) is 4.14. The number of hydrogen-bond acceptors (Lipinski definition) is 4. The maximum Gasteiger partial charge on any atom is 0.282 e. The van der Waals surface area contributed by atoms with Crippen LogP contribution >= 0.6 is 0 Å². The lowest BCUT2D eigenvalue weighted by Crippen LogP contribution is -2.41. The molecule has 1 aliphatic rings. The van der Waals surface area contributed by atoms with E-state index in [2.05, 4.69) is 19.2 Å². The largest absolute Gasteiger partial charge is 0.508 e. The summed E-state index contributed by atoms with van der Waals surface area (Å²) in [6, 6.07) is 3.48. The number of aromatic hydroxyl groups is 1. The molecule has 0 heterocycles. The van der Waals surface area contributed by atoms with E-state index in [4.69, 9.17) is 0 Å². The Morgan fingerprint density at radius 2 is 2.20 bits per heavy atom. The molecule has 6 nitrogen and oxygen atoms in total. The van der Waals surface area contributed by atoms with Gasteiger partial charge >= 0.3 is 0 Å². The molecule has 1 amide bonds. The first kappa shape index (κ1) is 14.3. The molecule has 2 rings (SSSR count). The van der Waals surface area contributed by atoms with Crippen LogP contribution in [0.5, 0.6) is 5.75 Å². The van der Waals surface area contributed by atoms with Crippen molar-refractivity contribution in [2.45, 2.75) is 39.2 Å². The molecule has 1 aromatic carbocycles. The van der Waals surface area contributed by atoms with Crippen LogP contribution in [0.3, 0.4) is 0 Å². The summed E-state index contributed by atoms with van der Waals surface area (Å²) in [5.74, 6) is -0.668. The van der Waals surface area contributed by atoms with Crippen LogP contribution in [0, 0.1) is 15.5 Å². The van der Waals surface area contributed by atoms with Crippen LogP contribution in [-0.2, 0) is 0 Å². The number of rotatable bonds is 3. The maximum atomic E-state index is 12.2. The summed E-state index contributed by atoms with van der Waals surface area (Å²) < 4.78 is 0. The van der Waals surface area contributed by atoms with E-state index in [1.165, 1.54) is 6.07 Å². The van der Waals surface area contributed by atoms with Crippen molar-refractivity contribution >= 4 is 11.6 Å². The van der Waals surface area contributed by atoms with Crippen molar-refractivity contribution in [2.24, 2.45) is 5.41 Å². The summed E-state index contributed by atoms with van der Waals surface area (Å²) in [7, 11) is 0. The van der Waals surface area contributed by atoms with Crippen LogP contribution in [0.15, 0.2) is 18.2 Å². The van der Waals surface area contributed by atoms with Gasteiger partial charge < -0.3 is 10.4 Å². The van der Waals surface area contributed by atoms with Gasteiger partial charge in [0.05, 0.1) is 4.92 Å². The molecule has 0 bridgehead atoms. The van der Waals surface area contributed by atoms with Gasteiger partial charge in [0.15, 0.2) is 0 Å². The number of nitro benzene ring substituents is 1. The standard InChI is InChI=1S/C14H18N2O4/c1-14(2)7-3-4-12(14)15-13(18)10-8-9(17)5-6-11(10)16(19)20/h5-6,8,12,17H,3-4,7H2,1-2H3,(H,15,18). The molecule has 0 saturated heterocycles. The van der Waals surface area contributed by atoms with Crippen molar-refractivity contribution in [1.82, 2.24) is 5.32 Å². The SMILES string of the molecule is CC1(C)CCCC1NC(=O)c1cc(O)ccc1[N+](=O)[O-]. The predicted molar refractivity (Wildman–Crippen MR) is 73.6 cm³/mol. The average Bonchev–Trinajstić information content (AvgIpc) is 2.68. The van der Waals surface area contributed by atoms with Gasteiger partial charge in [-0.25, -0.2) is 0 Å². The van der Waals surface area contributed by atoms with Crippen LogP contribution in [0.1, 0.15) is 43.5 Å². The fraction of sp³-hybridized carbons (Fsp3) is 0.500. The van der Waals surface area contributed by atoms with E-state index < -0.39 is 10.8 Å². The third kappa shape index (κ3) is 2.74. The summed E-state index contributed by atoms with van der Waals surface area (Å²) in [4.78, 5) is 22.6. The summed E-state index contributed by atoms with van der Waals surface area (Å²) >= 11 is 0. The molecule has 0 radical (unpaired) electrons. The van der Waals surface area contributed by atoms with Gasteiger partial charge in [0.2, 0.25) is 0 Å². The second-order valence-electron chi connectivity index (χ2n) is 5.87. The zero-order chi connectivity index (χ0) is 14.9. The van der Waals surface area contributed by atoms with Crippen LogP contribution in [0.25, 0.3) is 0 Å². The Kier molecular flexibility index (Phi) is 3.65. The number of carbonyl (C=O) groups is 1. The first-order valence-corrected chi connectivity index (χ1v) is 6.59. The van der Waals surface area contributed by atoms with E-state index in [1.807, 2.05) is 0 Å². The monoisotopic (exact) mass is 278 g/mol.